The molecule has 7 nitrogen and oxygen atoms in total. The van der Waals surface area contributed by atoms with E-state index < -0.39 is 12.1 Å². The minimum Gasteiger partial charge on any atom is -0.481 e. The van der Waals surface area contributed by atoms with Gasteiger partial charge in [0.1, 0.15) is 12.3 Å². The lowest BCUT2D eigenvalue weighted by atomic mass is 10.1. The molecule has 1 aromatic carbocycles. The first-order chi connectivity index (χ1) is 12.8. The van der Waals surface area contributed by atoms with Crippen LogP contribution in [0.5, 0.6) is 5.75 Å². The highest BCUT2D eigenvalue weighted by molar-refractivity contribution is 5.81. The van der Waals surface area contributed by atoms with Crippen molar-refractivity contribution in [1.29, 1.82) is 0 Å². The normalized spacial score (nSPS) is 18.3. The van der Waals surface area contributed by atoms with Gasteiger partial charge in [-0.05, 0) is 50.8 Å². The Hall–Kier alpha value is -2.57. The second kappa shape index (κ2) is 9.39. The molecule has 1 heterocycles. The van der Waals surface area contributed by atoms with Gasteiger partial charge in [0.15, 0.2) is 6.10 Å². The smallest absolute Gasteiger partial charge is 0.323 e. The molecule has 1 N–H and O–H groups in total. The molecule has 2 rings (SSSR count). The van der Waals surface area contributed by atoms with Gasteiger partial charge < -0.3 is 19.6 Å². The predicted molar refractivity (Wildman–Crippen MR) is 101 cm³/mol. The molecule has 0 bridgehead atoms. The van der Waals surface area contributed by atoms with Gasteiger partial charge in [0.2, 0.25) is 5.91 Å². The van der Waals surface area contributed by atoms with Crippen molar-refractivity contribution in [1.82, 2.24) is 9.80 Å². The van der Waals surface area contributed by atoms with Gasteiger partial charge in [-0.15, -0.1) is 0 Å². The SMILES string of the molecule is CC(=O)N(CC(=O)O)[C@@H]1CCCN(C(=O)[C@@H](C)Oc2cccc(C)c2)CC1. The van der Waals surface area contributed by atoms with Crippen LogP contribution in [0.4, 0.5) is 0 Å². The van der Waals surface area contributed by atoms with Crippen LogP contribution in [0, 0.1) is 6.92 Å². The van der Waals surface area contributed by atoms with Crippen molar-refractivity contribution in [3.05, 3.63) is 29.8 Å². The van der Waals surface area contributed by atoms with E-state index >= 15 is 0 Å². The topological polar surface area (TPSA) is 87.2 Å². The molecule has 148 valence electrons. The van der Waals surface area contributed by atoms with Crippen LogP contribution in [0.3, 0.4) is 0 Å². The summed E-state index contributed by atoms with van der Waals surface area (Å²) in [6, 6.07) is 7.40. The lowest BCUT2D eigenvalue weighted by molar-refractivity contribution is -0.145. The third-order valence-corrected chi connectivity index (χ3v) is 4.81. The van der Waals surface area contributed by atoms with E-state index in [9.17, 15) is 14.4 Å². The van der Waals surface area contributed by atoms with E-state index in [0.717, 1.165) is 12.0 Å². The van der Waals surface area contributed by atoms with E-state index in [1.54, 1.807) is 11.8 Å². The molecule has 27 heavy (non-hydrogen) atoms. The molecule has 7 heteroatoms. The molecule has 0 unspecified atom stereocenters. The fourth-order valence-corrected chi connectivity index (χ4v) is 3.45. The summed E-state index contributed by atoms with van der Waals surface area (Å²) in [6.07, 6.45) is 1.36. The van der Waals surface area contributed by atoms with Gasteiger partial charge in [0.25, 0.3) is 5.91 Å². The van der Waals surface area contributed by atoms with Crippen LogP contribution in [0.2, 0.25) is 0 Å². The molecular formula is C20H28N2O5. The third-order valence-electron chi connectivity index (χ3n) is 4.81. The zero-order valence-corrected chi connectivity index (χ0v) is 16.2. The Kier molecular flexibility index (Phi) is 7.21. The number of carboxylic acids is 1. The number of carbonyl (C=O) groups is 3. The molecule has 1 fully saturated rings. The average molecular weight is 376 g/mol. The summed E-state index contributed by atoms with van der Waals surface area (Å²) in [5.41, 5.74) is 1.06. The van der Waals surface area contributed by atoms with Gasteiger partial charge in [0, 0.05) is 26.1 Å². The summed E-state index contributed by atoms with van der Waals surface area (Å²) in [5.74, 6) is -0.710. The minimum absolute atomic E-state index is 0.0928. The Morgan fingerprint density at radius 2 is 2.04 bits per heavy atom. The third kappa shape index (κ3) is 5.98. The number of hydrogen-bond acceptors (Lipinski definition) is 4. The summed E-state index contributed by atoms with van der Waals surface area (Å²) in [7, 11) is 0. The van der Waals surface area contributed by atoms with Crippen molar-refractivity contribution in [3.8, 4) is 5.75 Å². The van der Waals surface area contributed by atoms with Crippen LogP contribution >= 0.6 is 0 Å². The minimum atomic E-state index is -1.03. The highest BCUT2D eigenvalue weighted by Crippen LogP contribution is 2.20. The molecule has 0 aliphatic carbocycles. The molecular weight excluding hydrogens is 348 g/mol. The van der Waals surface area contributed by atoms with Crippen LogP contribution < -0.4 is 4.74 Å². The van der Waals surface area contributed by atoms with Gasteiger partial charge in [-0.2, -0.15) is 0 Å². The number of aliphatic carboxylic acids is 1. The van der Waals surface area contributed by atoms with Crippen LogP contribution in [-0.2, 0) is 14.4 Å². The summed E-state index contributed by atoms with van der Waals surface area (Å²) < 4.78 is 5.78. The molecule has 1 aliphatic heterocycles. The van der Waals surface area contributed by atoms with Gasteiger partial charge in [-0.3, -0.25) is 14.4 Å². The molecule has 2 amide bonds. The summed E-state index contributed by atoms with van der Waals surface area (Å²) >= 11 is 0. The van der Waals surface area contributed by atoms with E-state index in [1.807, 2.05) is 31.2 Å². The number of benzene rings is 1. The first-order valence-electron chi connectivity index (χ1n) is 9.29. The quantitative estimate of drug-likeness (QED) is 0.821. The number of amides is 2. The number of rotatable bonds is 6. The number of carboxylic acid groups (broad SMARTS) is 1. The van der Waals surface area contributed by atoms with E-state index in [-0.39, 0.29) is 24.4 Å². The second-order valence-corrected chi connectivity index (χ2v) is 7.03. The second-order valence-electron chi connectivity index (χ2n) is 7.03. The average Bonchev–Trinajstić information content (AvgIpc) is 2.84. The largest absolute Gasteiger partial charge is 0.481 e. The molecule has 1 aliphatic rings. The molecule has 0 spiro atoms. The highest BCUT2D eigenvalue weighted by atomic mass is 16.5. The molecule has 2 atom stereocenters. The summed E-state index contributed by atoms with van der Waals surface area (Å²) in [6.45, 7) is 5.84. The molecule has 0 radical (unpaired) electrons. The Morgan fingerprint density at radius 3 is 2.67 bits per heavy atom. The van der Waals surface area contributed by atoms with Crippen LogP contribution in [0.25, 0.3) is 0 Å². The predicted octanol–water partition coefficient (Wildman–Crippen LogP) is 2.08. The van der Waals surface area contributed by atoms with Crippen molar-refractivity contribution in [2.45, 2.75) is 52.2 Å². The van der Waals surface area contributed by atoms with E-state index in [2.05, 4.69) is 0 Å². The zero-order valence-electron chi connectivity index (χ0n) is 16.2. The van der Waals surface area contributed by atoms with E-state index in [4.69, 9.17) is 9.84 Å². The highest BCUT2D eigenvalue weighted by Gasteiger charge is 2.29. The molecule has 1 aromatic rings. The maximum Gasteiger partial charge on any atom is 0.323 e. The van der Waals surface area contributed by atoms with Crippen molar-refractivity contribution in [2.75, 3.05) is 19.6 Å². The number of hydrogen-bond donors (Lipinski definition) is 1. The van der Waals surface area contributed by atoms with Gasteiger partial charge in [-0.1, -0.05) is 12.1 Å². The fraction of sp³-hybridized carbons (Fsp3) is 0.550. The first kappa shape index (κ1) is 20.7. The van der Waals surface area contributed by atoms with E-state index in [0.29, 0.717) is 31.7 Å². The molecule has 0 aromatic heterocycles. The Labute approximate surface area is 159 Å². The number of nitrogens with zero attached hydrogens (tertiary/aromatic N) is 2. The van der Waals surface area contributed by atoms with Crippen molar-refractivity contribution < 1.29 is 24.2 Å². The molecule has 0 saturated carbocycles. The Bertz CT molecular complexity index is 691. The maximum absolute atomic E-state index is 12.8. The monoisotopic (exact) mass is 376 g/mol. The van der Waals surface area contributed by atoms with Crippen LogP contribution in [0.1, 0.15) is 38.7 Å². The standard InChI is InChI=1S/C20H28N2O5/c1-14-6-4-8-18(12-14)27-15(2)20(26)21-10-5-7-17(9-11-21)22(16(3)23)13-19(24)25/h4,6,8,12,15,17H,5,7,9-11,13H2,1-3H3,(H,24,25)/t15-,17-/m1/s1. The maximum atomic E-state index is 12.8. The lowest BCUT2D eigenvalue weighted by Gasteiger charge is -2.29. The number of likely N-dealkylation sites (tertiary alicyclic amines) is 1. The van der Waals surface area contributed by atoms with Crippen molar-refractivity contribution in [2.24, 2.45) is 0 Å². The zero-order chi connectivity index (χ0) is 20.0. The number of aryl methyl sites for hydroxylation is 1. The van der Waals surface area contributed by atoms with E-state index in [1.165, 1.54) is 11.8 Å². The van der Waals surface area contributed by atoms with Crippen molar-refractivity contribution in [3.63, 3.8) is 0 Å². The summed E-state index contributed by atoms with van der Waals surface area (Å²) in [5, 5.41) is 9.03. The first-order valence-corrected chi connectivity index (χ1v) is 9.29. The van der Waals surface area contributed by atoms with Gasteiger partial charge in [-0.25, -0.2) is 0 Å². The van der Waals surface area contributed by atoms with Crippen LogP contribution in [-0.4, -0.2) is 64.5 Å². The van der Waals surface area contributed by atoms with Crippen molar-refractivity contribution >= 4 is 17.8 Å². The van der Waals surface area contributed by atoms with Gasteiger partial charge in [0.05, 0.1) is 0 Å². The fourth-order valence-electron chi connectivity index (χ4n) is 3.45. The Balaban J connectivity index is 1.96. The summed E-state index contributed by atoms with van der Waals surface area (Å²) in [4.78, 5) is 38.7. The Morgan fingerprint density at radius 1 is 1.30 bits per heavy atom. The van der Waals surface area contributed by atoms with Crippen LogP contribution in [0.15, 0.2) is 24.3 Å². The number of carbonyl (C=O) groups excluding carboxylic acids is 2. The lowest BCUT2D eigenvalue weighted by Crippen LogP contribution is -2.44. The number of ether oxygens (including phenoxy) is 1. The molecule has 1 saturated heterocycles. The van der Waals surface area contributed by atoms with Gasteiger partial charge >= 0.3 is 5.97 Å².